The van der Waals surface area contributed by atoms with Gasteiger partial charge in [0.2, 0.25) is 0 Å². The van der Waals surface area contributed by atoms with Crippen molar-refractivity contribution < 1.29 is 24.2 Å². The first-order valence-corrected chi connectivity index (χ1v) is 13.0. The lowest BCUT2D eigenvalue weighted by Gasteiger charge is -2.14. The molecule has 2 rings (SSSR count). The van der Waals surface area contributed by atoms with Crippen molar-refractivity contribution in [1.29, 1.82) is 0 Å². The van der Waals surface area contributed by atoms with Crippen LogP contribution >= 0.6 is 0 Å². The molecule has 0 spiro atoms. The fourth-order valence-corrected chi connectivity index (χ4v) is 4.02. The van der Waals surface area contributed by atoms with Crippen LogP contribution in [0.4, 0.5) is 0 Å². The zero-order valence-electron chi connectivity index (χ0n) is 21.4. The number of carbonyl (C=O) groups excluding carboxylic acids is 2. The summed E-state index contributed by atoms with van der Waals surface area (Å²) in [6.45, 7) is 3.40. The van der Waals surface area contributed by atoms with E-state index in [0.717, 1.165) is 12.8 Å². The number of rotatable bonds is 18. The van der Waals surface area contributed by atoms with Crippen LogP contribution in [0.1, 0.15) is 81.5 Å². The lowest BCUT2D eigenvalue weighted by Crippen LogP contribution is -2.31. The lowest BCUT2D eigenvalue weighted by atomic mass is 10.0. The number of hydrogen-bond donors (Lipinski definition) is 3. The molecule has 0 heterocycles. The van der Waals surface area contributed by atoms with Gasteiger partial charge < -0.3 is 25.2 Å². The maximum atomic E-state index is 12.8. The molecular formula is C28H42N2O5. The summed E-state index contributed by atoms with van der Waals surface area (Å²) in [5.74, 6) is -0.341. The van der Waals surface area contributed by atoms with Crippen molar-refractivity contribution in [1.82, 2.24) is 10.6 Å². The van der Waals surface area contributed by atoms with Gasteiger partial charge in [0, 0.05) is 31.0 Å². The molecule has 0 aliphatic carbocycles. The second-order valence-electron chi connectivity index (χ2n) is 8.89. The molecule has 7 heteroatoms. The topological polar surface area (TPSA) is 96.9 Å². The third-order valence-electron chi connectivity index (χ3n) is 6.03. The number of phenols is 1. The Morgan fingerprint density at radius 3 is 2.14 bits per heavy atom. The maximum absolute atomic E-state index is 12.8. The maximum Gasteiger partial charge on any atom is 0.258 e. The van der Waals surface area contributed by atoms with E-state index in [4.69, 9.17) is 9.47 Å². The molecule has 194 valence electrons. The Hall–Kier alpha value is -2.80. The summed E-state index contributed by atoms with van der Waals surface area (Å²) in [6, 6.07) is 8.63. The number of fused-ring (bicyclic) bond motifs is 1. The molecule has 0 atom stereocenters. The van der Waals surface area contributed by atoms with E-state index in [1.54, 1.807) is 25.3 Å². The molecule has 0 unspecified atom stereocenters. The predicted molar refractivity (Wildman–Crippen MR) is 140 cm³/mol. The van der Waals surface area contributed by atoms with E-state index in [1.807, 2.05) is 6.07 Å². The highest BCUT2D eigenvalue weighted by atomic mass is 16.5. The van der Waals surface area contributed by atoms with Crippen LogP contribution in [0.15, 0.2) is 30.3 Å². The largest absolute Gasteiger partial charge is 0.506 e. The molecule has 0 aliphatic heterocycles. The van der Waals surface area contributed by atoms with Gasteiger partial charge in [-0.15, -0.1) is 0 Å². The predicted octanol–water partition coefficient (Wildman–Crippen LogP) is 5.34. The fraction of sp³-hybridized carbons (Fsp3) is 0.571. The minimum absolute atomic E-state index is 0.0851. The van der Waals surface area contributed by atoms with Crippen LogP contribution in [-0.2, 0) is 9.53 Å². The average Bonchev–Trinajstić information content (AvgIpc) is 2.87. The third kappa shape index (κ3) is 10.1. The number of carbonyl (C=O) groups is 2. The second kappa shape index (κ2) is 16.8. The van der Waals surface area contributed by atoms with Gasteiger partial charge in [0.15, 0.2) is 6.61 Å². The van der Waals surface area contributed by atoms with E-state index in [-0.39, 0.29) is 29.7 Å². The molecule has 0 fully saturated rings. The molecule has 7 nitrogen and oxygen atoms in total. The van der Waals surface area contributed by atoms with Crippen molar-refractivity contribution in [3.05, 3.63) is 35.9 Å². The van der Waals surface area contributed by atoms with Crippen LogP contribution in [-0.4, -0.2) is 50.3 Å². The number of unbranched alkanes of at least 4 members (excludes halogenated alkanes) is 9. The minimum Gasteiger partial charge on any atom is -0.506 e. The molecule has 2 amide bonds. The highest BCUT2D eigenvalue weighted by molar-refractivity contribution is 6.05. The van der Waals surface area contributed by atoms with Crippen LogP contribution in [0.5, 0.6) is 11.5 Å². The van der Waals surface area contributed by atoms with Crippen molar-refractivity contribution in [3.8, 4) is 11.5 Å². The van der Waals surface area contributed by atoms with Crippen LogP contribution in [0.3, 0.4) is 0 Å². The summed E-state index contributed by atoms with van der Waals surface area (Å²) in [5.41, 5.74) is 0.144. The summed E-state index contributed by atoms with van der Waals surface area (Å²) >= 11 is 0. The normalized spacial score (nSPS) is 10.9. The number of aromatic hydroxyl groups is 1. The first kappa shape index (κ1) is 28.4. The first-order valence-electron chi connectivity index (χ1n) is 13.0. The van der Waals surface area contributed by atoms with Crippen LogP contribution in [0, 0.1) is 0 Å². The van der Waals surface area contributed by atoms with E-state index < -0.39 is 0 Å². The van der Waals surface area contributed by atoms with Crippen LogP contribution in [0.25, 0.3) is 10.8 Å². The van der Waals surface area contributed by atoms with Gasteiger partial charge in [-0.2, -0.15) is 0 Å². The first-order chi connectivity index (χ1) is 17.1. The minimum atomic E-state index is -0.349. The number of hydrogen-bond acceptors (Lipinski definition) is 5. The Balaban J connectivity index is 1.85. The second-order valence-corrected chi connectivity index (χ2v) is 8.89. The molecule has 2 aromatic carbocycles. The highest BCUT2D eigenvalue weighted by Gasteiger charge is 2.18. The van der Waals surface area contributed by atoms with E-state index in [0.29, 0.717) is 36.2 Å². The van der Waals surface area contributed by atoms with Crippen molar-refractivity contribution in [2.45, 2.75) is 71.1 Å². The van der Waals surface area contributed by atoms with Gasteiger partial charge >= 0.3 is 0 Å². The molecule has 0 aliphatic rings. The Labute approximate surface area is 209 Å². The molecule has 2 aromatic rings. The van der Waals surface area contributed by atoms with Gasteiger partial charge in [-0.25, -0.2) is 0 Å². The van der Waals surface area contributed by atoms with Gasteiger partial charge in [0.1, 0.15) is 11.5 Å². The quantitative estimate of drug-likeness (QED) is 0.247. The lowest BCUT2D eigenvalue weighted by molar-refractivity contribution is -0.123. The van der Waals surface area contributed by atoms with E-state index in [2.05, 4.69) is 17.6 Å². The number of nitrogens with one attached hydrogen (secondary N) is 2. The highest BCUT2D eigenvalue weighted by Crippen LogP contribution is 2.36. The summed E-state index contributed by atoms with van der Waals surface area (Å²) in [5, 5.41) is 17.5. The van der Waals surface area contributed by atoms with Crippen LogP contribution < -0.4 is 15.4 Å². The number of benzene rings is 2. The van der Waals surface area contributed by atoms with Gasteiger partial charge in [-0.05, 0) is 12.5 Å². The van der Waals surface area contributed by atoms with Gasteiger partial charge in [0.05, 0.1) is 12.2 Å². The SMILES string of the molecule is CCCCCCCCCCCCNC(=O)c1cc(OCC(=O)NCCOC)c2ccccc2c1O. The van der Waals surface area contributed by atoms with Crippen molar-refractivity contribution in [3.63, 3.8) is 0 Å². The van der Waals surface area contributed by atoms with E-state index in [1.165, 1.54) is 57.4 Å². The van der Waals surface area contributed by atoms with Crippen molar-refractivity contribution >= 4 is 22.6 Å². The molecule has 3 N–H and O–H groups in total. The molecule has 0 radical (unpaired) electrons. The summed E-state index contributed by atoms with van der Waals surface area (Å²) in [4.78, 5) is 24.8. The smallest absolute Gasteiger partial charge is 0.258 e. The van der Waals surface area contributed by atoms with Gasteiger partial charge in [0.25, 0.3) is 11.8 Å². The molecule has 0 saturated heterocycles. The van der Waals surface area contributed by atoms with E-state index in [9.17, 15) is 14.7 Å². The Kier molecular flexibility index (Phi) is 13.6. The monoisotopic (exact) mass is 486 g/mol. The van der Waals surface area contributed by atoms with Gasteiger partial charge in [-0.3, -0.25) is 9.59 Å². The summed E-state index contributed by atoms with van der Waals surface area (Å²) in [7, 11) is 1.56. The van der Waals surface area contributed by atoms with Crippen molar-refractivity contribution in [2.75, 3.05) is 33.4 Å². The Bertz CT molecular complexity index is 916. The number of phenolic OH excluding ortho intramolecular Hbond substituents is 1. The molecule has 35 heavy (non-hydrogen) atoms. The number of amides is 2. The zero-order valence-corrected chi connectivity index (χ0v) is 21.4. The molecule has 0 saturated carbocycles. The Morgan fingerprint density at radius 1 is 0.857 bits per heavy atom. The molecular weight excluding hydrogens is 444 g/mol. The summed E-state index contributed by atoms with van der Waals surface area (Å²) in [6.07, 6.45) is 12.3. The Morgan fingerprint density at radius 2 is 1.49 bits per heavy atom. The average molecular weight is 487 g/mol. The van der Waals surface area contributed by atoms with Crippen LogP contribution in [0.2, 0.25) is 0 Å². The number of methoxy groups -OCH3 is 1. The molecule has 0 bridgehead atoms. The standard InChI is InChI=1S/C28H42N2O5/c1-3-4-5-6-7-8-9-10-11-14-17-30-28(33)24-20-25(35-21-26(31)29-18-19-34-2)22-15-12-13-16-23(22)27(24)32/h12-13,15-16,20,32H,3-11,14,17-19,21H2,1-2H3,(H,29,31)(H,30,33). The number of ether oxygens (including phenoxy) is 2. The fourth-order valence-electron chi connectivity index (χ4n) is 4.02. The van der Waals surface area contributed by atoms with E-state index >= 15 is 0 Å². The molecule has 0 aromatic heterocycles. The zero-order chi connectivity index (χ0) is 25.3. The van der Waals surface area contributed by atoms with Gasteiger partial charge in [-0.1, -0.05) is 89.0 Å². The third-order valence-corrected chi connectivity index (χ3v) is 6.03. The van der Waals surface area contributed by atoms with Crippen molar-refractivity contribution in [2.24, 2.45) is 0 Å². The summed E-state index contributed by atoms with van der Waals surface area (Å²) < 4.78 is 10.6.